The molecule has 3 rings (SSSR count). The number of thiocarbonyl (C=S) groups is 1. The molecule has 0 atom stereocenters. The molecule has 0 saturated carbocycles. The first kappa shape index (κ1) is 23.2. The van der Waals surface area contributed by atoms with Crippen molar-refractivity contribution >= 4 is 69.7 Å². The summed E-state index contributed by atoms with van der Waals surface area (Å²) in [7, 11) is 0. The Morgan fingerprint density at radius 3 is 2.32 bits per heavy atom. The summed E-state index contributed by atoms with van der Waals surface area (Å²) in [6, 6.07) is 14.4. The standard InChI is InChI=1S/C21H19Cl3N6S/c1-12-9-13(2)27-20(26-12)29-19(25-11-14-5-3-4-6-16(14)23)30-21(31)28-18-8-7-15(22)10-17(18)24/h3-10H,11H2,1-2H3,(H3,25,26,27,28,29,30,31). The number of benzene rings is 2. The second-order valence-electron chi connectivity index (χ2n) is 6.56. The van der Waals surface area contributed by atoms with Crippen LogP contribution in [0.25, 0.3) is 0 Å². The largest absolute Gasteiger partial charge is 0.331 e. The highest BCUT2D eigenvalue weighted by molar-refractivity contribution is 7.80. The van der Waals surface area contributed by atoms with Gasteiger partial charge in [-0.15, -0.1) is 0 Å². The lowest BCUT2D eigenvalue weighted by atomic mass is 10.2. The number of aryl methyl sites for hydroxylation is 2. The van der Waals surface area contributed by atoms with Gasteiger partial charge in [0.1, 0.15) is 0 Å². The second-order valence-corrected chi connectivity index (χ2v) is 8.22. The SMILES string of the molecule is Cc1cc(C)nc(NC(=NCc2ccccc2Cl)NC(=S)Nc2ccc(Cl)cc2Cl)n1. The van der Waals surface area contributed by atoms with Gasteiger partial charge in [-0.2, -0.15) is 0 Å². The zero-order valence-electron chi connectivity index (χ0n) is 16.7. The molecule has 0 amide bonds. The van der Waals surface area contributed by atoms with Crippen LogP contribution in [-0.4, -0.2) is 21.0 Å². The van der Waals surface area contributed by atoms with Gasteiger partial charge in [-0.3, -0.25) is 5.32 Å². The molecule has 3 N–H and O–H groups in total. The van der Waals surface area contributed by atoms with E-state index in [-0.39, 0.29) is 5.11 Å². The van der Waals surface area contributed by atoms with Crippen LogP contribution in [0.4, 0.5) is 11.6 Å². The summed E-state index contributed by atoms with van der Waals surface area (Å²) in [5.74, 6) is 0.753. The van der Waals surface area contributed by atoms with Crippen molar-refractivity contribution in [2.45, 2.75) is 20.4 Å². The maximum absolute atomic E-state index is 6.25. The fourth-order valence-electron chi connectivity index (χ4n) is 2.64. The van der Waals surface area contributed by atoms with Crippen molar-refractivity contribution in [1.82, 2.24) is 15.3 Å². The van der Waals surface area contributed by atoms with Crippen molar-refractivity contribution in [3.05, 3.63) is 80.6 Å². The first-order valence-electron chi connectivity index (χ1n) is 9.20. The summed E-state index contributed by atoms with van der Waals surface area (Å²) in [6.45, 7) is 4.11. The minimum absolute atomic E-state index is 0.277. The molecule has 3 aromatic rings. The van der Waals surface area contributed by atoms with Gasteiger partial charge >= 0.3 is 0 Å². The number of hydrogen-bond donors (Lipinski definition) is 3. The topological polar surface area (TPSA) is 74.2 Å². The molecule has 160 valence electrons. The van der Waals surface area contributed by atoms with Gasteiger partial charge in [-0.25, -0.2) is 15.0 Å². The third-order valence-corrected chi connectivity index (χ3v) is 5.11. The van der Waals surface area contributed by atoms with Crippen molar-refractivity contribution in [3.63, 3.8) is 0 Å². The Morgan fingerprint density at radius 1 is 0.935 bits per heavy atom. The van der Waals surface area contributed by atoms with Gasteiger partial charge in [-0.05, 0) is 62.0 Å². The molecule has 0 aliphatic rings. The molecule has 31 heavy (non-hydrogen) atoms. The van der Waals surface area contributed by atoms with E-state index in [9.17, 15) is 0 Å². The fraction of sp³-hybridized carbons (Fsp3) is 0.143. The van der Waals surface area contributed by atoms with E-state index in [0.29, 0.717) is 39.2 Å². The Balaban J connectivity index is 1.81. The number of nitrogens with one attached hydrogen (secondary N) is 3. The molecule has 2 aromatic carbocycles. The first-order chi connectivity index (χ1) is 14.8. The van der Waals surface area contributed by atoms with Gasteiger partial charge in [0.2, 0.25) is 11.9 Å². The summed E-state index contributed by atoms with van der Waals surface area (Å²) in [6.07, 6.45) is 0. The number of guanidine groups is 1. The van der Waals surface area contributed by atoms with Crippen molar-refractivity contribution < 1.29 is 0 Å². The molecule has 0 aliphatic heterocycles. The highest BCUT2D eigenvalue weighted by Crippen LogP contribution is 2.25. The van der Waals surface area contributed by atoms with E-state index in [0.717, 1.165) is 17.0 Å². The van der Waals surface area contributed by atoms with Crippen molar-refractivity contribution in [2.75, 3.05) is 10.6 Å². The molecular weight excluding hydrogens is 475 g/mol. The Hall–Kier alpha value is -2.45. The number of rotatable bonds is 4. The molecule has 0 spiro atoms. The maximum Gasteiger partial charge on any atom is 0.229 e. The smallest absolute Gasteiger partial charge is 0.229 e. The minimum Gasteiger partial charge on any atom is -0.331 e. The number of aliphatic imine (C=N–C) groups is 1. The third-order valence-electron chi connectivity index (χ3n) is 3.99. The van der Waals surface area contributed by atoms with Crippen LogP contribution in [0.15, 0.2) is 53.5 Å². The quantitative estimate of drug-likeness (QED) is 0.235. The number of aromatic nitrogens is 2. The number of nitrogens with zero attached hydrogens (tertiary/aromatic N) is 3. The average molecular weight is 494 g/mol. The summed E-state index contributed by atoms with van der Waals surface area (Å²) in [4.78, 5) is 13.4. The molecule has 10 heteroatoms. The van der Waals surface area contributed by atoms with Gasteiger partial charge in [0, 0.05) is 21.4 Å². The van der Waals surface area contributed by atoms with Crippen LogP contribution >= 0.6 is 47.0 Å². The average Bonchev–Trinajstić information content (AvgIpc) is 2.68. The molecule has 0 fully saturated rings. The van der Waals surface area contributed by atoms with Gasteiger partial charge in [-0.1, -0.05) is 53.0 Å². The van der Waals surface area contributed by atoms with Crippen molar-refractivity contribution in [2.24, 2.45) is 4.99 Å². The van der Waals surface area contributed by atoms with Crippen LogP contribution in [-0.2, 0) is 6.54 Å². The fourth-order valence-corrected chi connectivity index (χ4v) is 3.50. The van der Waals surface area contributed by atoms with Crippen LogP contribution in [0.1, 0.15) is 17.0 Å². The van der Waals surface area contributed by atoms with E-state index in [1.807, 2.05) is 44.2 Å². The molecule has 0 bridgehead atoms. The van der Waals surface area contributed by atoms with Gasteiger partial charge in [0.15, 0.2) is 5.11 Å². The zero-order valence-corrected chi connectivity index (χ0v) is 19.8. The molecule has 0 unspecified atom stereocenters. The molecule has 6 nitrogen and oxygen atoms in total. The van der Waals surface area contributed by atoms with E-state index < -0.39 is 0 Å². The molecule has 0 saturated heterocycles. The number of halogens is 3. The van der Waals surface area contributed by atoms with E-state index >= 15 is 0 Å². The predicted octanol–water partition coefficient (Wildman–Crippen LogP) is 6.01. The van der Waals surface area contributed by atoms with Gasteiger partial charge in [0.25, 0.3) is 0 Å². The lowest BCUT2D eigenvalue weighted by Gasteiger charge is -2.15. The van der Waals surface area contributed by atoms with Crippen molar-refractivity contribution in [1.29, 1.82) is 0 Å². The molecule has 1 aromatic heterocycles. The Labute approximate surface area is 201 Å². The van der Waals surface area contributed by atoms with Crippen LogP contribution < -0.4 is 16.0 Å². The normalized spacial score (nSPS) is 11.2. The number of anilines is 2. The van der Waals surface area contributed by atoms with E-state index in [1.165, 1.54) is 0 Å². The molecule has 1 heterocycles. The summed E-state index contributed by atoms with van der Waals surface area (Å²) in [5, 5.41) is 11.0. The zero-order chi connectivity index (χ0) is 22.4. The van der Waals surface area contributed by atoms with Gasteiger partial charge < -0.3 is 10.6 Å². The monoisotopic (exact) mass is 492 g/mol. The van der Waals surface area contributed by atoms with Gasteiger partial charge in [0.05, 0.1) is 17.3 Å². The summed E-state index contributed by atoms with van der Waals surface area (Å²) < 4.78 is 0. The Bertz CT molecular complexity index is 1120. The van der Waals surface area contributed by atoms with E-state index in [4.69, 9.17) is 47.0 Å². The predicted molar refractivity (Wildman–Crippen MR) is 134 cm³/mol. The number of hydrogen-bond acceptors (Lipinski definition) is 4. The minimum atomic E-state index is 0.277. The molecule has 0 aliphatic carbocycles. The highest BCUT2D eigenvalue weighted by Gasteiger charge is 2.09. The van der Waals surface area contributed by atoms with Crippen LogP contribution in [0.5, 0.6) is 0 Å². The first-order valence-corrected chi connectivity index (χ1v) is 10.7. The van der Waals surface area contributed by atoms with Crippen LogP contribution in [0, 0.1) is 13.8 Å². The third kappa shape index (κ3) is 7.04. The highest BCUT2D eigenvalue weighted by atomic mass is 35.5. The van der Waals surface area contributed by atoms with Crippen molar-refractivity contribution in [3.8, 4) is 0 Å². The lowest BCUT2D eigenvalue weighted by Crippen LogP contribution is -2.39. The maximum atomic E-state index is 6.25. The summed E-state index contributed by atoms with van der Waals surface area (Å²) in [5.41, 5.74) is 3.13. The Kier molecular flexibility index (Phi) is 8.03. The molecular formula is C21H19Cl3N6S. The molecule has 0 radical (unpaired) electrons. The van der Waals surface area contributed by atoms with Crippen LogP contribution in [0.3, 0.4) is 0 Å². The lowest BCUT2D eigenvalue weighted by molar-refractivity contribution is 1.03. The second kappa shape index (κ2) is 10.7. The van der Waals surface area contributed by atoms with E-state index in [1.54, 1.807) is 18.2 Å². The summed E-state index contributed by atoms with van der Waals surface area (Å²) >= 11 is 23.9. The Morgan fingerprint density at radius 2 is 1.65 bits per heavy atom. The van der Waals surface area contributed by atoms with Crippen LogP contribution in [0.2, 0.25) is 15.1 Å². The van der Waals surface area contributed by atoms with E-state index in [2.05, 4.69) is 30.9 Å².